The first kappa shape index (κ1) is 21.0. The number of hydrogen-bond acceptors (Lipinski definition) is 5. The fourth-order valence-electron chi connectivity index (χ4n) is 2.43. The van der Waals surface area contributed by atoms with Crippen LogP contribution >= 0.6 is 0 Å². The van der Waals surface area contributed by atoms with Gasteiger partial charge in [-0.05, 0) is 36.6 Å². The van der Waals surface area contributed by atoms with Crippen LogP contribution in [0.4, 0.5) is 0 Å². The number of amides is 2. The first-order valence-corrected chi connectivity index (χ1v) is 8.97. The molecule has 0 aliphatic carbocycles. The van der Waals surface area contributed by atoms with E-state index in [0.717, 1.165) is 12.8 Å². The van der Waals surface area contributed by atoms with E-state index in [1.807, 2.05) is 30.3 Å². The van der Waals surface area contributed by atoms with Crippen molar-refractivity contribution in [2.75, 3.05) is 26.8 Å². The van der Waals surface area contributed by atoms with Crippen LogP contribution in [0.2, 0.25) is 0 Å². The standard InChI is InChI=1S/C21H24N2O5/c1-27-18-11-5-10-17(13-18)21(26)23-14-20(25)28-15-19(24)22-12-6-9-16-7-3-2-4-8-16/h2-5,7-8,10-11,13H,6,9,12,14-15H2,1H3,(H,22,24)(H,23,26). The molecule has 0 saturated carbocycles. The molecule has 7 nitrogen and oxygen atoms in total. The Kier molecular flexibility index (Phi) is 8.52. The number of rotatable bonds is 10. The molecule has 2 aromatic rings. The third kappa shape index (κ3) is 7.49. The highest BCUT2D eigenvalue weighted by Gasteiger charge is 2.11. The van der Waals surface area contributed by atoms with E-state index in [2.05, 4.69) is 10.6 Å². The SMILES string of the molecule is COc1cccc(C(=O)NCC(=O)OCC(=O)NCCCc2ccccc2)c1. The number of nitrogens with one attached hydrogen (secondary N) is 2. The van der Waals surface area contributed by atoms with Crippen molar-refractivity contribution >= 4 is 17.8 Å². The van der Waals surface area contributed by atoms with Crippen molar-refractivity contribution < 1.29 is 23.9 Å². The lowest BCUT2D eigenvalue weighted by molar-refractivity contribution is -0.147. The van der Waals surface area contributed by atoms with Gasteiger partial charge in [0.1, 0.15) is 12.3 Å². The Morgan fingerprint density at radius 1 is 0.964 bits per heavy atom. The van der Waals surface area contributed by atoms with Gasteiger partial charge in [0.2, 0.25) is 0 Å². The van der Waals surface area contributed by atoms with Crippen LogP contribution in [0.3, 0.4) is 0 Å². The third-order valence-corrected chi connectivity index (χ3v) is 3.90. The molecule has 2 aromatic carbocycles. The molecule has 0 heterocycles. The van der Waals surface area contributed by atoms with Gasteiger partial charge in [0.05, 0.1) is 7.11 Å². The van der Waals surface area contributed by atoms with Gasteiger partial charge in [0, 0.05) is 12.1 Å². The lowest BCUT2D eigenvalue weighted by Crippen LogP contribution is -2.34. The van der Waals surface area contributed by atoms with Crippen LogP contribution in [0.15, 0.2) is 54.6 Å². The number of esters is 1. The maximum atomic E-state index is 12.0. The Balaban J connectivity index is 1.59. The van der Waals surface area contributed by atoms with Crippen molar-refractivity contribution in [3.05, 3.63) is 65.7 Å². The Bertz CT molecular complexity index is 792. The van der Waals surface area contributed by atoms with Crippen molar-refractivity contribution in [1.82, 2.24) is 10.6 Å². The Labute approximate surface area is 164 Å². The molecule has 28 heavy (non-hydrogen) atoms. The number of aryl methyl sites for hydroxylation is 1. The van der Waals surface area contributed by atoms with Crippen molar-refractivity contribution in [3.8, 4) is 5.75 Å². The molecule has 0 fully saturated rings. The fourth-order valence-corrected chi connectivity index (χ4v) is 2.43. The predicted molar refractivity (Wildman–Crippen MR) is 104 cm³/mol. The number of carbonyl (C=O) groups excluding carboxylic acids is 3. The van der Waals surface area contributed by atoms with Crippen molar-refractivity contribution in [1.29, 1.82) is 0 Å². The van der Waals surface area contributed by atoms with Gasteiger partial charge in [-0.25, -0.2) is 0 Å². The second-order valence-electron chi connectivity index (χ2n) is 6.01. The van der Waals surface area contributed by atoms with Gasteiger partial charge in [0.15, 0.2) is 6.61 Å². The number of methoxy groups -OCH3 is 1. The monoisotopic (exact) mass is 384 g/mol. The van der Waals surface area contributed by atoms with Crippen LogP contribution in [0.1, 0.15) is 22.3 Å². The average Bonchev–Trinajstić information content (AvgIpc) is 2.74. The molecule has 0 bridgehead atoms. The molecule has 148 valence electrons. The van der Waals surface area contributed by atoms with Gasteiger partial charge >= 0.3 is 5.97 Å². The van der Waals surface area contributed by atoms with E-state index in [0.29, 0.717) is 17.9 Å². The summed E-state index contributed by atoms with van der Waals surface area (Å²) in [6, 6.07) is 16.5. The lowest BCUT2D eigenvalue weighted by atomic mass is 10.1. The minimum absolute atomic E-state index is 0.322. The molecular weight excluding hydrogens is 360 g/mol. The maximum Gasteiger partial charge on any atom is 0.325 e. The van der Waals surface area contributed by atoms with Crippen LogP contribution in [-0.4, -0.2) is 44.6 Å². The van der Waals surface area contributed by atoms with Crippen molar-refractivity contribution in [2.24, 2.45) is 0 Å². The second-order valence-corrected chi connectivity index (χ2v) is 6.01. The normalized spacial score (nSPS) is 10.0. The lowest BCUT2D eigenvalue weighted by Gasteiger charge is -2.08. The van der Waals surface area contributed by atoms with Crippen molar-refractivity contribution in [3.63, 3.8) is 0 Å². The van der Waals surface area contributed by atoms with E-state index in [4.69, 9.17) is 9.47 Å². The number of ether oxygens (including phenoxy) is 2. The summed E-state index contributed by atoms with van der Waals surface area (Å²) in [6.07, 6.45) is 1.65. The van der Waals surface area contributed by atoms with Gasteiger partial charge in [-0.15, -0.1) is 0 Å². The molecule has 0 aliphatic heterocycles. The van der Waals surface area contributed by atoms with Gasteiger partial charge in [-0.3, -0.25) is 14.4 Å². The van der Waals surface area contributed by atoms with E-state index < -0.39 is 11.9 Å². The first-order valence-electron chi connectivity index (χ1n) is 8.97. The van der Waals surface area contributed by atoms with E-state index in [1.54, 1.807) is 24.3 Å². The Morgan fingerprint density at radius 2 is 1.75 bits per heavy atom. The molecule has 0 unspecified atom stereocenters. The highest BCUT2D eigenvalue weighted by atomic mass is 16.5. The van der Waals surface area contributed by atoms with Crippen molar-refractivity contribution in [2.45, 2.75) is 12.8 Å². The topological polar surface area (TPSA) is 93.7 Å². The predicted octanol–water partition coefficient (Wildman–Crippen LogP) is 1.72. The highest BCUT2D eigenvalue weighted by molar-refractivity contribution is 5.96. The third-order valence-electron chi connectivity index (χ3n) is 3.90. The smallest absolute Gasteiger partial charge is 0.325 e. The average molecular weight is 384 g/mol. The first-order chi connectivity index (χ1) is 13.6. The molecule has 2 N–H and O–H groups in total. The highest BCUT2D eigenvalue weighted by Crippen LogP contribution is 2.12. The van der Waals surface area contributed by atoms with Gasteiger partial charge in [0.25, 0.3) is 11.8 Å². The summed E-state index contributed by atoms with van der Waals surface area (Å²) in [5.41, 5.74) is 1.57. The molecule has 2 amide bonds. The molecule has 0 aromatic heterocycles. The van der Waals surface area contributed by atoms with Gasteiger partial charge in [-0.2, -0.15) is 0 Å². The molecule has 0 saturated heterocycles. The molecular formula is C21H24N2O5. The Hall–Kier alpha value is -3.35. The summed E-state index contributed by atoms with van der Waals surface area (Å²) < 4.78 is 9.90. The largest absolute Gasteiger partial charge is 0.497 e. The zero-order valence-electron chi connectivity index (χ0n) is 15.8. The zero-order valence-corrected chi connectivity index (χ0v) is 15.8. The summed E-state index contributed by atoms with van der Waals surface area (Å²) in [4.78, 5) is 35.4. The number of benzene rings is 2. The molecule has 2 rings (SSSR count). The summed E-state index contributed by atoms with van der Waals surface area (Å²) in [5, 5.41) is 5.14. The van der Waals surface area contributed by atoms with Crippen LogP contribution in [-0.2, 0) is 20.7 Å². The number of hydrogen-bond donors (Lipinski definition) is 2. The van der Waals surface area contributed by atoms with Crippen LogP contribution in [0, 0.1) is 0 Å². The number of carbonyl (C=O) groups is 3. The second kappa shape index (κ2) is 11.4. The molecule has 0 spiro atoms. The fraction of sp³-hybridized carbons (Fsp3) is 0.286. The minimum Gasteiger partial charge on any atom is -0.497 e. The molecule has 0 atom stereocenters. The Morgan fingerprint density at radius 3 is 2.50 bits per heavy atom. The molecule has 0 aliphatic rings. The summed E-state index contributed by atoms with van der Waals surface area (Å²) in [7, 11) is 1.50. The zero-order chi connectivity index (χ0) is 20.2. The quantitative estimate of drug-likeness (QED) is 0.481. The van der Waals surface area contributed by atoms with Crippen LogP contribution in [0.25, 0.3) is 0 Å². The molecule has 0 radical (unpaired) electrons. The molecule has 7 heteroatoms. The summed E-state index contributed by atoms with van der Waals surface area (Å²) in [5.74, 6) is -0.948. The van der Waals surface area contributed by atoms with E-state index in [1.165, 1.54) is 12.7 Å². The summed E-state index contributed by atoms with van der Waals surface area (Å²) >= 11 is 0. The summed E-state index contributed by atoms with van der Waals surface area (Å²) in [6.45, 7) is -0.200. The van der Waals surface area contributed by atoms with Gasteiger partial charge < -0.3 is 20.1 Å². The van der Waals surface area contributed by atoms with Crippen LogP contribution < -0.4 is 15.4 Å². The maximum absolute atomic E-state index is 12.0. The van der Waals surface area contributed by atoms with E-state index in [9.17, 15) is 14.4 Å². The van der Waals surface area contributed by atoms with Crippen LogP contribution in [0.5, 0.6) is 5.75 Å². The minimum atomic E-state index is -0.685. The van der Waals surface area contributed by atoms with E-state index in [-0.39, 0.29) is 19.1 Å². The van der Waals surface area contributed by atoms with E-state index >= 15 is 0 Å². The van der Waals surface area contributed by atoms with Gasteiger partial charge in [-0.1, -0.05) is 36.4 Å².